The molecule has 0 aliphatic rings. The first-order chi connectivity index (χ1) is 9.22. The van der Waals surface area contributed by atoms with E-state index in [1.807, 2.05) is 30.3 Å². The molecule has 0 radical (unpaired) electrons. The summed E-state index contributed by atoms with van der Waals surface area (Å²) in [4.78, 5) is 0. The van der Waals surface area contributed by atoms with Gasteiger partial charge in [0.2, 0.25) is 0 Å². The van der Waals surface area contributed by atoms with Crippen molar-refractivity contribution in [2.75, 3.05) is 0 Å². The number of hydrogen-bond donors (Lipinski definition) is 0. The molecule has 0 amide bonds. The van der Waals surface area contributed by atoms with Gasteiger partial charge < -0.3 is 4.74 Å². The Morgan fingerprint density at radius 2 is 1.68 bits per heavy atom. The van der Waals surface area contributed by atoms with Gasteiger partial charge in [-0.1, -0.05) is 43.1 Å². The molecule has 0 aliphatic heterocycles. The molecule has 0 aromatic heterocycles. The average molecular weight is 295 g/mol. The summed E-state index contributed by atoms with van der Waals surface area (Å²) in [7, 11) is 0. The van der Waals surface area contributed by atoms with Gasteiger partial charge in [0.15, 0.2) is 0 Å². The first-order valence-electron chi connectivity index (χ1n) is 6.34. The highest BCUT2D eigenvalue weighted by atomic mass is 35.5. The van der Waals surface area contributed by atoms with Gasteiger partial charge in [-0.05, 0) is 41.8 Å². The highest BCUT2D eigenvalue weighted by Gasteiger charge is 2.04. The van der Waals surface area contributed by atoms with Crippen molar-refractivity contribution in [3.05, 3.63) is 58.6 Å². The van der Waals surface area contributed by atoms with Crippen molar-refractivity contribution in [1.82, 2.24) is 0 Å². The van der Waals surface area contributed by atoms with Gasteiger partial charge in [0.1, 0.15) is 11.5 Å². The van der Waals surface area contributed by atoms with E-state index < -0.39 is 0 Å². The summed E-state index contributed by atoms with van der Waals surface area (Å²) in [6, 6.07) is 13.7. The maximum atomic E-state index is 6.16. The standard InChI is InChI=1S/C16H16Cl2O/c1-2-3-12-4-7-14(8-5-12)19-16-9-6-13(11-17)10-15(16)18/h4-10H,2-3,11H2,1H3. The predicted octanol–water partition coefficient (Wildman–Crippen LogP) is 5.82. The van der Waals surface area contributed by atoms with Gasteiger partial charge in [-0.3, -0.25) is 0 Å². The molecular weight excluding hydrogens is 279 g/mol. The van der Waals surface area contributed by atoms with Crippen LogP contribution in [0.4, 0.5) is 0 Å². The second-order valence-electron chi connectivity index (χ2n) is 4.39. The SMILES string of the molecule is CCCc1ccc(Oc2ccc(CCl)cc2Cl)cc1. The summed E-state index contributed by atoms with van der Waals surface area (Å²) in [5.74, 6) is 1.89. The molecule has 2 aromatic rings. The largest absolute Gasteiger partial charge is 0.456 e. The van der Waals surface area contributed by atoms with E-state index in [2.05, 4.69) is 19.1 Å². The molecule has 0 bridgehead atoms. The van der Waals surface area contributed by atoms with E-state index in [9.17, 15) is 0 Å². The van der Waals surface area contributed by atoms with Crippen molar-refractivity contribution in [2.24, 2.45) is 0 Å². The normalized spacial score (nSPS) is 10.5. The van der Waals surface area contributed by atoms with Gasteiger partial charge in [-0.25, -0.2) is 0 Å². The molecule has 0 unspecified atom stereocenters. The van der Waals surface area contributed by atoms with Crippen molar-refractivity contribution >= 4 is 23.2 Å². The highest BCUT2D eigenvalue weighted by molar-refractivity contribution is 6.32. The summed E-state index contributed by atoms with van der Waals surface area (Å²) < 4.78 is 5.77. The molecule has 0 heterocycles. The Hall–Kier alpha value is -1.18. The number of halogens is 2. The third-order valence-electron chi connectivity index (χ3n) is 2.84. The quantitative estimate of drug-likeness (QED) is 0.631. The zero-order valence-electron chi connectivity index (χ0n) is 10.8. The molecule has 3 heteroatoms. The van der Waals surface area contributed by atoms with E-state index in [0.717, 1.165) is 24.2 Å². The van der Waals surface area contributed by atoms with Crippen molar-refractivity contribution in [3.63, 3.8) is 0 Å². The Bertz CT molecular complexity index is 535. The van der Waals surface area contributed by atoms with E-state index in [4.69, 9.17) is 27.9 Å². The van der Waals surface area contributed by atoms with Gasteiger partial charge in [-0.2, -0.15) is 0 Å². The van der Waals surface area contributed by atoms with Crippen molar-refractivity contribution in [2.45, 2.75) is 25.6 Å². The van der Waals surface area contributed by atoms with Gasteiger partial charge in [0, 0.05) is 5.88 Å². The van der Waals surface area contributed by atoms with Crippen LogP contribution in [0.5, 0.6) is 11.5 Å². The fourth-order valence-electron chi connectivity index (χ4n) is 1.85. The Morgan fingerprint density at radius 3 is 2.26 bits per heavy atom. The fourth-order valence-corrected chi connectivity index (χ4v) is 2.26. The van der Waals surface area contributed by atoms with Crippen LogP contribution in [0, 0.1) is 0 Å². The fraction of sp³-hybridized carbons (Fsp3) is 0.250. The lowest BCUT2D eigenvalue weighted by Crippen LogP contribution is -1.88. The minimum absolute atomic E-state index is 0.450. The monoisotopic (exact) mass is 294 g/mol. The highest BCUT2D eigenvalue weighted by Crippen LogP contribution is 2.30. The lowest BCUT2D eigenvalue weighted by molar-refractivity contribution is 0.482. The Morgan fingerprint density at radius 1 is 1.00 bits per heavy atom. The van der Waals surface area contributed by atoms with Gasteiger partial charge in [-0.15, -0.1) is 11.6 Å². The zero-order valence-corrected chi connectivity index (χ0v) is 12.3. The van der Waals surface area contributed by atoms with Crippen LogP contribution in [0.15, 0.2) is 42.5 Å². The van der Waals surface area contributed by atoms with Crippen LogP contribution >= 0.6 is 23.2 Å². The van der Waals surface area contributed by atoms with Gasteiger partial charge >= 0.3 is 0 Å². The topological polar surface area (TPSA) is 9.23 Å². The van der Waals surface area contributed by atoms with Gasteiger partial charge in [0.05, 0.1) is 5.02 Å². The van der Waals surface area contributed by atoms with Crippen LogP contribution in [0.1, 0.15) is 24.5 Å². The molecule has 0 saturated carbocycles. The number of ether oxygens (including phenoxy) is 1. The smallest absolute Gasteiger partial charge is 0.146 e. The molecule has 0 spiro atoms. The maximum Gasteiger partial charge on any atom is 0.146 e. The van der Waals surface area contributed by atoms with Crippen LogP contribution in [0.3, 0.4) is 0 Å². The lowest BCUT2D eigenvalue weighted by Gasteiger charge is -2.09. The summed E-state index contributed by atoms with van der Waals surface area (Å²) in [6.45, 7) is 2.17. The van der Waals surface area contributed by atoms with E-state index >= 15 is 0 Å². The minimum Gasteiger partial charge on any atom is -0.456 e. The maximum absolute atomic E-state index is 6.16. The van der Waals surface area contributed by atoms with Crippen molar-refractivity contribution in [1.29, 1.82) is 0 Å². The first-order valence-corrected chi connectivity index (χ1v) is 7.25. The molecular formula is C16H16Cl2O. The molecule has 1 nitrogen and oxygen atoms in total. The van der Waals surface area contributed by atoms with Crippen LogP contribution < -0.4 is 4.74 Å². The van der Waals surface area contributed by atoms with Crippen LogP contribution in [0.2, 0.25) is 5.02 Å². The molecule has 100 valence electrons. The van der Waals surface area contributed by atoms with E-state index in [1.165, 1.54) is 5.56 Å². The van der Waals surface area contributed by atoms with Crippen molar-refractivity contribution < 1.29 is 4.74 Å². The number of rotatable bonds is 5. The summed E-state index contributed by atoms with van der Waals surface area (Å²) >= 11 is 11.9. The van der Waals surface area contributed by atoms with E-state index in [1.54, 1.807) is 0 Å². The Labute approximate surface area is 124 Å². The molecule has 0 atom stereocenters. The lowest BCUT2D eigenvalue weighted by atomic mass is 10.1. The van der Waals surface area contributed by atoms with Crippen LogP contribution in [-0.2, 0) is 12.3 Å². The molecule has 2 aromatic carbocycles. The third kappa shape index (κ3) is 3.89. The zero-order chi connectivity index (χ0) is 13.7. The molecule has 2 rings (SSSR count). The predicted molar refractivity (Wildman–Crippen MR) is 81.5 cm³/mol. The second kappa shape index (κ2) is 6.83. The molecule has 19 heavy (non-hydrogen) atoms. The van der Waals surface area contributed by atoms with Crippen LogP contribution in [-0.4, -0.2) is 0 Å². The van der Waals surface area contributed by atoms with E-state index in [0.29, 0.717) is 16.7 Å². The third-order valence-corrected chi connectivity index (χ3v) is 3.44. The summed E-state index contributed by atoms with van der Waals surface area (Å²) in [6.07, 6.45) is 2.23. The summed E-state index contributed by atoms with van der Waals surface area (Å²) in [5, 5.41) is 0.579. The number of alkyl halides is 1. The number of hydrogen-bond acceptors (Lipinski definition) is 1. The number of benzene rings is 2. The Balaban J connectivity index is 2.12. The summed E-state index contributed by atoms with van der Waals surface area (Å²) in [5.41, 5.74) is 2.30. The van der Waals surface area contributed by atoms with Gasteiger partial charge in [0.25, 0.3) is 0 Å². The first kappa shape index (κ1) is 14.2. The molecule has 0 N–H and O–H groups in total. The second-order valence-corrected chi connectivity index (χ2v) is 5.07. The molecule has 0 fully saturated rings. The average Bonchev–Trinajstić information content (AvgIpc) is 2.43. The van der Waals surface area contributed by atoms with Crippen molar-refractivity contribution in [3.8, 4) is 11.5 Å². The van der Waals surface area contributed by atoms with E-state index in [-0.39, 0.29) is 0 Å². The van der Waals surface area contributed by atoms with Crippen LogP contribution in [0.25, 0.3) is 0 Å². The molecule has 0 aliphatic carbocycles. The molecule has 0 saturated heterocycles. The Kier molecular flexibility index (Phi) is 5.12. The number of aryl methyl sites for hydroxylation is 1. The minimum atomic E-state index is 0.450.